The van der Waals surface area contributed by atoms with Crippen LogP contribution in [0, 0.1) is 5.92 Å². The van der Waals surface area contributed by atoms with E-state index in [1.54, 1.807) is 18.2 Å². The molecule has 17 heavy (non-hydrogen) atoms. The van der Waals surface area contributed by atoms with Crippen LogP contribution in [0.1, 0.15) is 36.5 Å². The van der Waals surface area contributed by atoms with Gasteiger partial charge in [0.2, 0.25) is 0 Å². The quantitative estimate of drug-likeness (QED) is 0.877. The van der Waals surface area contributed by atoms with Gasteiger partial charge in [-0.2, -0.15) is 0 Å². The molecule has 0 aromatic heterocycles. The van der Waals surface area contributed by atoms with Crippen molar-refractivity contribution in [3.63, 3.8) is 0 Å². The maximum absolute atomic E-state index is 12.1. The average Bonchev–Trinajstić information content (AvgIpc) is 2.63. The second-order valence-corrected chi connectivity index (χ2v) is 6.00. The van der Waals surface area contributed by atoms with Gasteiger partial charge in [0.1, 0.15) is 0 Å². The van der Waals surface area contributed by atoms with Crippen LogP contribution in [0.2, 0.25) is 5.02 Å². The van der Waals surface area contributed by atoms with E-state index in [4.69, 9.17) is 11.6 Å². The summed E-state index contributed by atoms with van der Waals surface area (Å²) in [5.41, 5.74) is 0.647. The first-order valence-corrected chi connectivity index (χ1v) is 6.99. The normalized spacial score (nSPS) is 23.7. The summed E-state index contributed by atoms with van der Waals surface area (Å²) < 4.78 is 0.744. The SMILES string of the molecule is CC1CCC(NC(=O)c2ccc(Cl)cc2Br)C1. The molecule has 0 aliphatic heterocycles. The highest BCUT2D eigenvalue weighted by molar-refractivity contribution is 9.10. The van der Waals surface area contributed by atoms with Gasteiger partial charge >= 0.3 is 0 Å². The minimum Gasteiger partial charge on any atom is -0.349 e. The first-order valence-electron chi connectivity index (χ1n) is 5.82. The lowest BCUT2D eigenvalue weighted by atomic mass is 10.1. The first-order chi connectivity index (χ1) is 8.06. The Morgan fingerprint density at radius 1 is 1.47 bits per heavy atom. The van der Waals surface area contributed by atoms with E-state index in [1.807, 2.05) is 0 Å². The molecule has 2 rings (SSSR count). The Bertz CT molecular complexity index is 435. The molecule has 1 N–H and O–H groups in total. The highest BCUT2D eigenvalue weighted by Gasteiger charge is 2.23. The zero-order valence-electron chi connectivity index (χ0n) is 9.67. The second-order valence-electron chi connectivity index (χ2n) is 4.71. The van der Waals surface area contributed by atoms with Gasteiger partial charge < -0.3 is 5.32 Å². The van der Waals surface area contributed by atoms with Crippen molar-refractivity contribution in [1.82, 2.24) is 5.32 Å². The van der Waals surface area contributed by atoms with Gasteiger partial charge in [0.15, 0.2) is 0 Å². The fraction of sp³-hybridized carbons (Fsp3) is 0.462. The summed E-state index contributed by atoms with van der Waals surface area (Å²) in [5.74, 6) is 0.696. The lowest BCUT2D eigenvalue weighted by Crippen LogP contribution is -2.33. The number of amides is 1. The molecule has 0 bridgehead atoms. The Morgan fingerprint density at radius 3 is 2.82 bits per heavy atom. The predicted octanol–water partition coefficient (Wildman–Crippen LogP) is 4.02. The van der Waals surface area contributed by atoms with Crippen molar-refractivity contribution >= 4 is 33.4 Å². The lowest BCUT2D eigenvalue weighted by molar-refractivity contribution is 0.0936. The number of halogens is 2. The maximum atomic E-state index is 12.1. The standard InChI is InChI=1S/C13H15BrClNO/c1-8-2-4-10(6-8)16-13(17)11-5-3-9(15)7-12(11)14/h3,5,7-8,10H,2,4,6H2,1H3,(H,16,17). The number of rotatable bonds is 2. The summed E-state index contributed by atoms with van der Waals surface area (Å²) in [4.78, 5) is 12.1. The average molecular weight is 317 g/mol. The summed E-state index contributed by atoms with van der Waals surface area (Å²) >= 11 is 9.21. The van der Waals surface area contributed by atoms with E-state index in [0.717, 1.165) is 17.3 Å². The molecule has 1 aliphatic carbocycles. The Hall–Kier alpha value is -0.540. The van der Waals surface area contributed by atoms with Crippen molar-refractivity contribution in [2.24, 2.45) is 5.92 Å². The van der Waals surface area contributed by atoms with E-state index in [9.17, 15) is 4.79 Å². The van der Waals surface area contributed by atoms with Crippen LogP contribution in [-0.4, -0.2) is 11.9 Å². The molecule has 1 aromatic rings. The summed E-state index contributed by atoms with van der Waals surface area (Å²) in [6, 6.07) is 5.55. The van der Waals surface area contributed by atoms with Gasteiger partial charge in [0.25, 0.3) is 5.91 Å². The fourth-order valence-electron chi connectivity index (χ4n) is 2.27. The number of benzene rings is 1. The number of carbonyl (C=O) groups excluding carboxylic acids is 1. The van der Waals surface area contributed by atoms with E-state index in [1.165, 1.54) is 6.42 Å². The van der Waals surface area contributed by atoms with E-state index in [0.29, 0.717) is 22.5 Å². The molecular formula is C13H15BrClNO. The van der Waals surface area contributed by atoms with Crippen molar-refractivity contribution in [2.45, 2.75) is 32.2 Å². The van der Waals surface area contributed by atoms with Gasteiger partial charge in [-0.15, -0.1) is 0 Å². The molecule has 0 heterocycles. The molecule has 2 nitrogen and oxygen atoms in total. The Morgan fingerprint density at radius 2 is 2.24 bits per heavy atom. The Labute approximate surface area is 115 Å². The van der Waals surface area contributed by atoms with Gasteiger partial charge in [0, 0.05) is 15.5 Å². The number of hydrogen-bond donors (Lipinski definition) is 1. The molecule has 92 valence electrons. The summed E-state index contributed by atoms with van der Waals surface area (Å²) in [6.07, 6.45) is 3.36. The molecule has 0 spiro atoms. The highest BCUT2D eigenvalue weighted by Crippen LogP contribution is 2.26. The smallest absolute Gasteiger partial charge is 0.252 e. The molecule has 1 saturated carbocycles. The third kappa shape index (κ3) is 3.23. The van der Waals surface area contributed by atoms with Gasteiger partial charge in [-0.25, -0.2) is 0 Å². The van der Waals surface area contributed by atoms with Crippen LogP contribution >= 0.6 is 27.5 Å². The molecule has 1 aliphatic rings. The van der Waals surface area contributed by atoms with Crippen molar-refractivity contribution in [3.05, 3.63) is 33.3 Å². The monoisotopic (exact) mass is 315 g/mol. The highest BCUT2D eigenvalue weighted by atomic mass is 79.9. The predicted molar refractivity (Wildman–Crippen MR) is 73.4 cm³/mol. The fourth-order valence-corrected chi connectivity index (χ4v) is 3.14. The van der Waals surface area contributed by atoms with Gasteiger partial charge in [0.05, 0.1) is 5.56 Å². The Kier molecular flexibility index (Phi) is 4.10. The zero-order valence-corrected chi connectivity index (χ0v) is 12.0. The van der Waals surface area contributed by atoms with E-state index in [2.05, 4.69) is 28.2 Å². The van der Waals surface area contributed by atoms with Crippen molar-refractivity contribution < 1.29 is 4.79 Å². The van der Waals surface area contributed by atoms with Gasteiger partial charge in [-0.1, -0.05) is 18.5 Å². The minimum atomic E-state index is -0.0207. The summed E-state index contributed by atoms with van der Waals surface area (Å²) in [5, 5.41) is 3.70. The number of nitrogens with one attached hydrogen (secondary N) is 1. The van der Waals surface area contributed by atoms with Crippen LogP contribution in [0.3, 0.4) is 0 Å². The van der Waals surface area contributed by atoms with Crippen molar-refractivity contribution in [3.8, 4) is 0 Å². The molecular weight excluding hydrogens is 302 g/mol. The van der Waals surface area contributed by atoms with Crippen LogP contribution in [0.15, 0.2) is 22.7 Å². The topological polar surface area (TPSA) is 29.1 Å². The van der Waals surface area contributed by atoms with Crippen molar-refractivity contribution in [2.75, 3.05) is 0 Å². The van der Waals surface area contributed by atoms with Gasteiger partial charge in [-0.05, 0) is 59.3 Å². The largest absolute Gasteiger partial charge is 0.349 e. The second kappa shape index (κ2) is 5.40. The zero-order chi connectivity index (χ0) is 12.4. The van der Waals surface area contributed by atoms with E-state index < -0.39 is 0 Å². The first kappa shape index (κ1) is 12.9. The minimum absolute atomic E-state index is 0.0207. The van der Waals surface area contributed by atoms with Crippen molar-refractivity contribution in [1.29, 1.82) is 0 Å². The van der Waals surface area contributed by atoms with Gasteiger partial charge in [-0.3, -0.25) is 4.79 Å². The van der Waals surface area contributed by atoms with Crippen LogP contribution in [0.25, 0.3) is 0 Å². The molecule has 2 unspecified atom stereocenters. The number of hydrogen-bond acceptors (Lipinski definition) is 1. The third-order valence-corrected chi connectivity index (χ3v) is 4.10. The maximum Gasteiger partial charge on any atom is 0.252 e. The van der Waals surface area contributed by atoms with Crippen LogP contribution in [0.5, 0.6) is 0 Å². The molecule has 1 amide bonds. The van der Waals surface area contributed by atoms with Crippen LogP contribution in [0.4, 0.5) is 0 Å². The lowest BCUT2D eigenvalue weighted by Gasteiger charge is -2.13. The van der Waals surface area contributed by atoms with Crippen LogP contribution in [-0.2, 0) is 0 Å². The van der Waals surface area contributed by atoms with E-state index in [-0.39, 0.29) is 5.91 Å². The van der Waals surface area contributed by atoms with E-state index >= 15 is 0 Å². The molecule has 2 atom stereocenters. The number of carbonyl (C=O) groups is 1. The molecule has 0 saturated heterocycles. The third-order valence-electron chi connectivity index (χ3n) is 3.21. The van der Waals surface area contributed by atoms with Crippen LogP contribution < -0.4 is 5.32 Å². The molecule has 1 aromatic carbocycles. The summed E-state index contributed by atoms with van der Waals surface area (Å²) in [6.45, 7) is 2.23. The summed E-state index contributed by atoms with van der Waals surface area (Å²) in [7, 11) is 0. The molecule has 4 heteroatoms. The molecule has 1 fully saturated rings. The Balaban J connectivity index is 2.04. The molecule has 0 radical (unpaired) electrons.